The van der Waals surface area contributed by atoms with E-state index in [0.717, 1.165) is 18.0 Å². The van der Waals surface area contributed by atoms with E-state index in [1.807, 2.05) is 17.8 Å². The van der Waals surface area contributed by atoms with Crippen LogP contribution in [-0.4, -0.2) is 21.1 Å². The molecule has 1 aromatic carbocycles. The summed E-state index contributed by atoms with van der Waals surface area (Å²) in [6.07, 6.45) is 4.07. The van der Waals surface area contributed by atoms with E-state index in [9.17, 15) is 14.5 Å². The Hall–Kier alpha value is -2.44. The predicted octanol–water partition coefficient (Wildman–Crippen LogP) is 2.09. The van der Waals surface area contributed by atoms with Crippen LogP contribution in [0.2, 0.25) is 0 Å². The van der Waals surface area contributed by atoms with Crippen LogP contribution in [0.3, 0.4) is 0 Å². The highest BCUT2D eigenvalue weighted by atomic mass is 19.1. The van der Waals surface area contributed by atoms with Gasteiger partial charge in [0.2, 0.25) is 5.82 Å². The lowest BCUT2D eigenvalue weighted by molar-refractivity contribution is -0.387. The fourth-order valence-corrected chi connectivity index (χ4v) is 1.62. The topological polar surface area (TPSA) is 70.2 Å². The van der Waals surface area contributed by atoms with Crippen molar-refractivity contribution in [3.8, 4) is 5.75 Å². The highest BCUT2D eigenvalue weighted by molar-refractivity contribution is 5.37. The lowest BCUT2D eigenvalue weighted by atomic mass is 10.3. The lowest BCUT2D eigenvalue weighted by Crippen LogP contribution is -2.06. The summed E-state index contributed by atoms with van der Waals surface area (Å²) in [5.41, 5.74) is -0.559. The first-order chi connectivity index (χ1) is 9.08. The predicted molar refractivity (Wildman–Crippen MR) is 65.5 cm³/mol. The van der Waals surface area contributed by atoms with E-state index in [1.165, 1.54) is 6.07 Å². The molecule has 0 unspecified atom stereocenters. The maximum Gasteiger partial charge on any atom is 0.305 e. The van der Waals surface area contributed by atoms with Crippen molar-refractivity contribution in [2.75, 3.05) is 6.61 Å². The smallest absolute Gasteiger partial charge is 0.305 e. The molecule has 0 N–H and O–H groups in total. The molecule has 0 bridgehead atoms. The van der Waals surface area contributed by atoms with Gasteiger partial charge >= 0.3 is 5.69 Å². The highest BCUT2D eigenvalue weighted by Crippen LogP contribution is 2.22. The average Bonchev–Trinajstić information content (AvgIpc) is 2.75. The zero-order valence-corrected chi connectivity index (χ0v) is 10.2. The molecule has 100 valence electrons. The molecule has 0 aliphatic heterocycles. The maximum atomic E-state index is 13.3. The van der Waals surface area contributed by atoms with Gasteiger partial charge in [0.1, 0.15) is 11.6 Å². The second-order valence-electron chi connectivity index (χ2n) is 3.92. The molecule has 0 radical (unpaired) electrons. The fourth-order valence-electron chi connectivity index (χ4n) is 1.62. The van der Waals surface area contributed by atoms with Crippen LogP contribution in [-0.2, 0) is 13.5 Å². The van der Waals surface area contributed by atoms with Gasteiger partial charge < -0.3 is 9.30 Å². The molecule has 0 amide bonds. The van der Waals surface area contributed by atoms with E-state index in [4.69, 9.17) is 4.74 Å². The molecule has 0 fully saturated rings. The molecule has 0 atom stereocenters. The van der Waals surface area contributed by atoms with Crippen molar-refractivity contribution in [1.82, 2.24) is 9.55 Å². The summed E-state index contributed by atoms with van der Waals surface area (Å²) in [5, 5.41) is 10.5. The molecule has 0 saturated heterocycles. The van der Waals surface area contributed by atoms with Crippen molar-refractivity contribution in [3.05, 3.63) is 52.3 Å². The van der Waals surface area contributed by atoms with Gasteiger partial charge in [-0.25, -0.2) is 4.98 Å². The molecule has 19 heavy (non-hydrogen) atoms. The van der Waals surface area contributed by atoms with Gasteiger partial charge in [-0.05, 0) is 6.07 Å². The SMILES string of the molecule is Cn1ccnc1CCOc1ccc([N+](=O)[O-])c(F)c1. The summed E-state index contributed by atoms with van der Waals surface area (Å²) in [5.74, 6) is 0.208. The van der Waals surface area contributed by atoms with Crippen molar-refractivity contribution in [3.63, 3.8) is 0 Å². The van der Waals surface area contributed by atoms with Gasteiger partial charge in [-0.1, -0.05) is 0 Å². The molecule has 7 heteroatoms. The van der Waals surface area contributed by atoms with Crippen LogP contribution >= 0.6 is 0 Å². The van der Waals surface area contributed by atoms with E-state index in [2.05, 4.69) is 4.98 Å². The van der Waals surface area contributed by atoms with Crippen molar-refractivity contribution in [2.24, 2.45) is 7.05 Å². The zero-order valence-electron chi connectivity index (χ0n) is 10.2. The molecule has 0 spiro atoms. The van der Waals surface area contributed by atoms with Crippen LogP contribution in [0.15, 0.2) is 30.6 Å². The number of ether oxygens (including phenoxy) is 1. The Kier molecular flexibility index (Phi) is 3.74. The molecule has 0 aliphatic rings. The molecule has 0 saturated carbocycles. The van der Waals surface area contributed by atoms with Crippen LogP contribution in [0.1, 0.15) is 5.82 Å². The molecular formula is C12H12FN3O3. The summed E-state index contributed by atoms with van der Waals surface area (Å²) >= 11 is 0. The fraction of sp³-hybridized carbons (Fsp3) is 0.250. The first-order valence-electron chi connectivity index (χ1n) is 5.61. The number of hydrogen-bond acceptors (Lipinski definition) is 4. The minimum Gasteiger partial charge on any atom is -0.493 e. The van der Waals surface area contributed by atoms with Crippen LogP contribution in [0.5, 0.6) is 5.75 Å². The standard InChI is InChI=1S/C12H12FN3O3/c1-15-6-5-14-12(15)4-7-19-9-2-3-11(16(17)18)10(13)8-9/h2-3,5-6,8H,4,7H2,1H3. The van der Waals surface area contributed by atoms with Crippen molar-refractivity contribution >= 4 is 5.69 Å². The summed E-state index contributed by atoms with van der Waals surface area (Å²) < 4.78 is 20.5. The number of halogens is 1. The van der Waals surface area contributed by atoms with Gasteiger partial charge in [-0.15, -0.1) is 0 Å². The molecule has 2 aromatic rings. The minimum atomic E-state index is -0.903. The quantitative estimate of drug-likeness (QED) is 0.613. The van der Waals surface area contributed by atoms with Crippen molar-refractivity contribution in [1.29, 1.82) is 0 Å². The molecule has 1 aromatic heterocycles. The van der Waals surface area contributed by atoms with Gasteiger partial charge in [-0.3, -0.25) is 10.1 Å². The molecule has 1 heterocycles. The highest BCUT2D eigenvalue weighted by Gasteiger charge is 2.14. The maximum absolute atomic E-state index is 13.3. The van der Waals surface area contributed by atoms with Gasteiger partial charge in [0, 0.05) is 38.0 Å². The Labute approximate surface area is 108 Å². The van der Waals surface area contributed by atoms with Crippen LogP contribution < -0.4 is 4.74 Å². The van der Waals surface area contributed by atoms with Gasteiger partial charge in [0.25, 0.3) is 0 Å². The number of hydrogen-bond donors (Lipinski definition) is 0. The third kappa shape index (κ3) is 3.06. The van der Waals surface area contributed by atoms with E-state index < -0.39 is 16.4 Å². The number of benzene rings is 1. The number of aromatic nitrogens is 2. The molecular weight excluding hydrogens is 253 g/mol. The minimum absolute atomic E-state index is 0.261. The van der Waals surface area contributed by atoms with Crippen LogP contribution in [0, 0.1) is 15.9 Å². The average molecular weight is 265 g/mol. The Morgan fingerprint density at radius 3 is 2.89 bits per heavy atom. The Morgan fingerprint density at radius 2 is 2.32 bits per heavy atom. The lowest BCUT2D eigenvalue weighted by Gasteiger charge is -2.06. The third-order valence-electron chi connectivity index (χ3n) is 2.63. The van der Waals surface area contributed by atoms with Gasteiger partial charge in [0.05, 0.1) is 11.5 Å². The van der Waals surface area contributed by atoms with Gasteiger partial charge in [-0.2, -0.15) is 4.39 Å². The molecule has 2 rings (SSSR count). The molecule has 6 nitrogen and oxygen atoms in total. The number of rotatable bonds is 5. The van der Waals surface area contributed by atoms with Crippen molar-refractivity contribution in [2.45, 2.75) is 6.42 Å². The first kappa shape index (κ1) is 13.0. The van der Waals surface area contributed by atoms with E-state index in [0.29, 0.717) is 13.0 Å². The number of imidazole rings is 1. The van der Waals surface area contributed by atoms with E-state index >= 15 is 0 Å². The Morgan fingerprint density at radius 1 is 1.53 bits per heavy atom. The Balaban J connectivity index is 1.95. The summed E-state index contributed by atoms with van der Waals surface area (Å²) in [6.45, 7) is 0.322. The zero-order chi connectivity index (χ0) is 13.8. The summed E-state index contributed by atoms with van der Waals surface area (Å²) in [7, 11) is 1.87. The normalized spacial score (nSPS) is 10.4. The summed E-state index contributed by atoms with van der Waals surface area (Å²) in [6, 6.07) is 3.47. The molecule has 0 aliphatic carbocycles. The van der Waals surface area contributed by atoms with Gasteiger partial charge in [0.15, 0.2) is 0 Å². The van der Waals surface area contributed by atoms with Crippen LogP contribution in [0.4, 0.5) is 10.1 Å². The van der Waals surface area contributed by atoms with Crippen LogP contribution in [0.25, 0.3) is 0 Å². The van der Waals surface area contributed by atoms with Crippen molar-refractivity contribution < 1.29 is 14.1 Å². The van der Waals surface area contributed by atoms with E-state index in [-0.39, 0.29) is 5.75 Å². The first-order valence-corrected chi connectivity index (χ1v) is 5.61. The van der Waals surface area contributed by atoms with E-state index in [1.54, 1.807) is 6.20 Å². The number of nitrogens with zero attached hydrogens (tertiary/aromatic N) is 3. The third-order valence-corrected chi connectivity index (χ3v) is 2.63. The largest absolute Gasteiger partial charge is 0.493 e. The summed E-state index contributed by atoms with van der Waals surface area (Å²) in [4.78, 5) is 13.8. The number of nitro benzene ring substituents is 1. The Bertz CT molecular complexity index is 598. The number of aryl methyl sites for hydroxylation is 1. The second kappa shape index (κ2) is 5.47. The second-order valence-corrected chi connectivity index (χ2v) is 3.92. The number of nitro groups is 1. The monoisotopic (exact) mass is 265 g/mol.